The molecule has 2 aromatic heterocycles. The van der Waals surface area contributed by atoms with Crippen molar-refractivity contribution in [3.05, 3.63) is 48.3 Å². The summed E-state index contributed by atoms with van der Waals surface area (Å²) in [5.74, 6) is 0.801. The van der Waals surface area contributed by atoms with Gasteiger partial charge >= 0.3 is 0 Å². The fourth-order valence-electron chi connectivity index (χ4n) is 2.52. The molecule has 24 heavy (non-hydrogen) atoms. The summed E-state index contributed by atoms with van der Waals surface area (Å²) in [4.78, 5) is 18.0. The summed E-state index contributed by atoms with van der Waals surface area (Å²) in [6.45, 7) is 6.20. The number of hydrogen-bond donors (Lipinski definition) is 1. The van der Waals surface area contributed by atoms with Gasteiger partial charge in [0.15, 0.2) is 5.65 Å². The van der Waals surface area contributed by atoms with E-state index in [1.807, 2.05) is 35.0 Å². The molecule has 0 atom stereocenters. The van der Waals surface area contributed by atoms with Crippen molar-refractivity contribution < 1.29 is 4.79 Å². The molecular formula is C18H20N4OS. The Balaban J connectivity index is 1.86. The first-order valence-electron chi connectivity index (χ1n) is 7.96. The summed E-state index contributed by atoms with van der Waals surface area (Å²) >= 11 is 1.66. The van der Waals surface area contributed by atoms with E-state index in [0.717, 1.165) is 21.7 Å². The van der Waals surface area contributed by atoms with Gasteiger partial charge in [-0.25, -0.2) is 9.67 Å². The number of amides is 1. The minimum absolute atomic E-state index is 0.121. The lowest BCUT2D eigenvalue weighted by atomic mass is 10.2. The number of carbonyl (C=O) groups is 1. The lowest BCUT2D eigenvalue weighted by Gasteiger charge is -2.10. The lowest BCUT2D eigenvalue weighted by Crippen LogP contribution is -2.13. The van der Waals surface area contributed by atoms with Crippen LogP contribution in [0.2, 0.25) is 0 Å². The Kier molecular flexibility index (Phi) is 4.85. The molecule has 0 unspecified atom stereocenters. The van der Waals surface area contributed by atoms with Crippen LogP contribution >= 0.6 is 11.8 Å². The molecule has 0 fully saturated rings. The Labute approximate surface area is 145 Å². The molecule has 6 heteroatoms. The van der Waals surface area contributed by atoms with Gasteiger partial charge < -0.3 is 5.32 Å². The first kappa shape index (κ1) is 16.5. The van der Waals surface area contributed by atoms with Crippen molar-refractivity contribution in [1.82, 2.24) is 14.8 Å². The molecule has 2 heterocycles. The Hall–Kier alpha value is -2.34. The molecule has 0 saturated carbocycles. The van der Waals surface area contributed by atoms with Crippen LogP contribution in [0.15, 0.2) is 47.6 Å². The van der Waals surface area contributed by atoms with Crippen LogP contribution in [-0.4, -0.2) is 26.4 Å². The highest BCUT2D eigenvalue weighted by Gasteiger charge is 2.13. The van der Waals surface area contributed by atoms with E-state index in [9.17, 15) is 4.79 Å². The van der Waals surface area contributed by atoms with Gasteiger partial charge in [0.05, 0.1) is 23.6 Å². The zero-order valence-electron chi connectivity index (χ0n) is 14.0. The first-order chi connectivity index (χ1) is 11.6. The van der Waals surface area contributed by atoms with Crippen molar-refractivity contribution in [2.24, 2.45) is 0 Å². The highest BCUT2D eigenvalue weighted by atomic mass is 32.2. The van der Waals surface area contributed by atoms with Crippen LogP contribution < -0.4 is 5.32 Å². The number of anilines is 1. The van der Waals surface area contributed by atoms with Gasteiger partial charge in [-0.05, 0) is 37.8 Å². The van der Waals surface area contributed by atoms with Crippen LogP contribution in [0.4, 0.5) is 5.69 Å². The van der Waals surface area contributed by atoms with E-state index in [0.29, 0.717) is 11.3 Å². The smallest absolute Gasteiger partial charge is 0.256 e. The number of fused-ring (bicyclic) bond motifs is 1. The summed E-state index contributed by atoms with van der Waals surface area (Å²) in [6.07, 6.45) is 3.45. The molecule has 3 aromatic rings. The minimum atomic E-state index is -0.121. The van der Waals surface area contributed by atoms with E-state index < -0.39 is 0 Å². The van der Waals surface area contributed by atoms with Crippen molar-refractivity contribution >= 4 is 34.4 Å². The van der Waals surface area contributed by atoms with Gasteiger partial charge in [0.1, 0.15) is 0 Å². The Morgan fingerprint density at radius 3 is 2.83 bits per heavy atom. The molecular weight excluding hydrogens is 320 g/mol. The molecule has 0 aliphatic heterocycles. The lowest BCUT2D eigenvalue weighted by molar-refractivity contribution is 0.102. The Morgan fingerprint density at radius 2 is 2.08 bits per heavy atom. The fraction of sp³-hybridized carbons (Fsp3) is 0.278. The number of rotatable bonds is 5. The molecule has 1 N–H and O–H groups in total. The van der Waals surface area contributed by atoms with E-state index in [-0.39, 0.29) is 11.9 Å². The normalized spacial score (nSPS) is 11.2. The maximum absolute atomic E-state index is 12.6. The molecule has 0 saturated heterocycles. The second-order valence-corrected chi connectivity index (χ2v) is 7.01. The van der Waals surface area contributed by atoms with Crippen molar-refractivity contribution in [2.75, 3.05) is 11.1 Å². The molecule has 0 spiro atoms. The first-order valence-corrected chi connectivity index (χ1v) is 8.95. The largest absolute Gasteiger partial charge is 0.321 e. The van der Waals surface area contributed by atoms with Crippen LogP contribution in [0.3, 0.4) is 0 Å². The highest BCUT2D eigenvalue weighted by Crippen LogP contribution is 2.24. The molecule has 1 aromatic carbocycles. The summed E-state index contributed by atoms with van der Waals surface area (Å²) in [7, 11) is 0. The van der Waals surface area contributed by atoms with Gasteiger partial charge in [-0.1, -0.05) is 19.1 Å². The molecule has 0 radical (unpaired) electrons. The molecule has 0 bridgehead atoms. The number of benzene rings is 1. The minimum Gasteiger partial charge on any atom is -0.321 e. The zero-order chi connectivity index (χ0) is 17.1. The standard InChI is InChI=1S/C18H20N4OS/c1-4-24-16-8-6-5-7-15(16)18(23)21-14-9-13-10-20-22(12(2)3)17(13)19-11-14/h5-12H,4H2,1-3H3,(H,21,23). The predicted octanol–water partition coefficient (Wildman–Crippen LogP) is 4.38. The Morgan fingerprint density at radius 1 is 1.29 bits per heavy atom. The van der Waals surface area contributed by atoms with Gasteiger partial charge in [0.2, 0.25) is 0 Å². The van der Waals surface area contributed by atoms with Crippen molar-refractivity contribution in [3.63, 3.8) is 0 Å². The zero-order valence-corrected chi connectivity index (χ0v) is 14.8. The van der Waals surface area contributed by atoms with Gasteiger partial charge in [-0.2, -0.15) is 5.10 Å². The molecule has 0 aliphatic carbocycles. The number of carbonyl (C=O) groups excluding carboxylic acids is 1. The summed E-state index contributed by atoms with van der Waals surface area (Å²) in [6, 6.07) is 9.79. The molecule has 5 nitrogen and oxygen atoms in total. The molecule has 3 rings (SSSR count). The van der Waals surface area contributed by atoms with Gasteiger partial charge in [0.25, 0.3) is 5.91 Å². The predicted molar refractivity (Wildman–Crippen MR) is 98.7 cm³/mol. The third kappa shape index (κ3) is 3.28. The monoisotopic (exact) mass is 340 g/mol. The maximum Gasteiger partial charge on any atom is 0.256 e. The second kappa shape index (κ2) is 7.05. The molecule has 0 aliphatic rings. The topological polar surface area (TPSA) is 59.8 Å². The van der Waals surface area contributed by atoms with Gasteiger partial charge in [-0.15, -0.1) is 11.8 Å². The fourth-order valence-corrected chi connectivity index (χ4v) is 3.32. The molecule has 1 amide bonds. The number of pyridine rings is 1. The van der Waals surface area contributed by atoms with E-state index in [1.54, 1.807) is 24.2 Å². The van der Waals surface area contributed by atoms with Crippen molar-refractivity contribution in [2.45, 2.75) is 31.7 Å². The third-order valence-electron chi connectivity index (χ3n) is 3.61. The number of nitrogens with one attached hydrogen (secondary N) is 1. The third-order valence-corrected chi connectivity index (χ3v) is 4.57. The van der Waals surface area contributed by atoms with E-state index in [1.165, 1.54) is 0 Å². The summed E-state index contributed by atoms with van der Waals surface area (Å²) < 4.78 is 1.87. The second-order valence-electron chi connectivity index (χ2n) is 5.70. The van der Waals surface area contributed by atoms with E-state index >= 15 is 0 Å². The van der Waals surface area contributed by atoms with Crippen LogP contribution in [-0.2, 0) is 0 Å². The number of aromatic nitrogens is 3. The van der Waals surface area contributed by atoms with Crippen LogP contribution in [0.5, 0.6) is 0 Å². The number of hydrogen-bond acceptors (Lipinski definition) is 4. The highest BCUT2D eigenvalue weighted by molar-refractivity contribution is 7.99. The average Bonchev–Trinajstić information content (AvgIpc) is 2.99. The Bertz CT molecular complexity index is 872. The maximum atomic E-state index is 12.6. The average molecular weight is 340 g/mol. The van der Waals surface area contributed by atoms with Crippen molar-refractivity contribution in [1.29, 1.82) is 0 Å². The van der Waals surface area contributed by atoms with Crippen LogP contribution in [0.25, 0.3) is 11.0 Å². The quantitative estimate of drug-likeness (QED) is 0.700. The molecule has 124 valence electrons. The van der Waals surface area contributed by atoms with E-state index in [2.05, 4.69) is 36.2 Å². The van der Waals surface area contributed by atoms with Crippen LogP contribution in [0.1, 0.15) is 37.2 Å². The SMILES string of the molecule is CCSc1ccccc1C(=O)Nc1cnc2c(cnn2C(C)C)c1. The number of nitrogens with zero attached hydrogens (tertiary/aromatic N) is 3. The summed E-state index contributed by atoms with van der Waals surface area (Å²) in [5, 5.41) is 8.20. The summed E-state index contributed by atoms with van der Waals surface area (Å²) in [5.41, 5.74) is 2.18. The van der Waals surface area contributed by atoms with Crippen LogP contribution in [0, 0.1) is 0 Å². The van der Waals surface area contributed by atoms with Crippen molar-refractivity contribution in [3.8, 4) is 0 Å². The van der Waals surface area contributed by atoms with Gasteiger partial charge in [0, 0.05) is 16.3 Å². The van der Waals surface area contributed by atoms with E-state index in [4.69, 9.17) is 0 Å². The van der Waals surface area contributed by atoms with Gasteiger partial charge in [-0.3, -0.25) is 4.79 Å². The number of thioether (sulfide) groups is 1.